The van der Waals surface area contributed by atoms with Crippen LogP contribution in [0.3, 0.4) is 0 Å². The van der Waals surface area contributed by atoms with Gasteiger partial charge in [0.25, 0.3) is 0 Å². The molecule has 4 rings (SSSR count). The number of aromatic nitrogens is 5. The maximum absolute atomic E-state index is 5.97. The Morgan fingerprint density at radius 2 is 2.08 bits per heavy atom. The molecule has 0 spiro atoms. The fourth-order valence-corrected chi connectivity index (χ4v) is 3.85. The lowest BCUT2D eigenvalue weighted by molar-refractivity contribution is 0.483. The summed E-state index contributed by atoms with van der Waals surface area (Å²) in [5.41, 5.74) is 5.68. The van der Waals surface area contributed by atoms with Crippen molar-refractivity contribution < 1.29 is 4.42 Å². The van der Waals surface area contributed by atoms with Gasteiger partial charge in [-0.15, -0.1) is 10.2 Å². The molecule has 0 unspecified atom stereocenters. The smallest absolute Gasteiger partial charge is 0.228 e. The van der Waals surface area contributed by atoms with Crippen LogP contribution < -0.4 is 10.6 Å². The highest BCUT2D eigenvalue weighted by molar-refractivity contribution is 7.99. The Hall–Kier alpha value is -2.26. The van der Waals surface area contributed by atoms with E-state index in [-0.39, 0.29) is 5.95 Å². The van der Waals surface area contributed by atoms with E-state index in [2.05, 4.69) is 25.1 Å². The molecule has 0 saturated carbocycles. The summed E-state index contributed by atoms with van der Waals surface area (Å²) in [4.78, 5) is 10.3. The summed E-state index contributed by atoms with van der Waals surface area (Å²) in [5, 5.41) is 10.4. The van der Waals surface area contributed by atoms with Gasteiger partial charge in [0.15, 0.2) is 5.16 Å². The molecule has 130 valence electrons. The van der Waals surface area contributed by atoms with Crippen molar-refractivity contribution in [1.82, 2.24) is 24.7 Å². The highest BCUT2D eigenvalue weighted by atomic mass is 35.5. The van der Waals surface area contributed by atoms with Gasteiger partial charge >= 0.3 is 0 Å². The van der Waals surface area contributed by atoms with Gasteiger partial charge < -0.3 is 15.1 Å². The van der Waals surface area contributed by atoms with E-state index in [0.717, 1.165) is 37.6 Å². The predicted octanol–water partition coefficient (Wildman–Crippen LogP) is 2.70. The second-order valence-corrected chi connectivity index (χ2v) is 7.01. The number of anilines is 2. The molecule has 25 heavy (non-hydrogen) atoms. The SMILES string of the molecule is Nc1nc(Cl)cc(Sc2nnc(N3CCCC3)n2Cc2ccco2)n1. The van der Waals surface area contributed by atoms with Crippen molar-refractivity contribution in [1.29, 1.82) is 0 Å². The molecule has 1 saturated heterocycles. The molecule has 0 radical (unpaired) electrons. The van der Waals surface area contributed by atoms with Crippen molar-refractivity contribution in [3.63, 3.8) is 0 Å². The molecule has 1 fully saturated rings. The monoisotopic (exact) mass is 377 g/mol. The zero-order chi connectivity index (χ0) is 17.2. The largest absolute Gasteiger partial charge is 0.467 e. The second-order valence-electron chi connectivity index (χ2n) is 5.63. The number of nitrogens with two attached hydrogens (primary N) is 1. The van der Waals surface area contributed by atoms with Gasteiger partial charge in [0.2, 0.25) is 11.9 Å². The van der Waals surface area contributed by atoms with E-state index >= 15 is 0 Å². The van der Waals surface area contributed by atoms with Crippen LogP contribution in [0.5, 0.6) is 0 Å². The Bertz CT molecular complexity index is 841. The lowest BCUT2D eigenvalue weighted by Gasteiger charge is -2.17. The molecule has 3 aromatic rings. The lowest BCUT2D eigenvalue weighted by atomic mass is 10.4. The first kappa shape index (κ1) is 16.2. The van der Waals surface area contributed by atoms with Crippen LogP contribution in [-0.2, 0) is 6.54 Å². The molecular weight excluding hydrogens is 362 g/mol. The first-order valence-electron chi connectivity index (χ1n) is 7.87. The van der Waals surface area contributed by atoms with Crippen LogP contribution in [0.25, 0.3) is 0 Å². The summed E-state index contributed by atoms with van der Waals surface area (Å²) in [6, 6.07) is 5.46. The Morgan fingerprint density at radius 3 is 2.80 bits per heavy atom. The summed E-state index contributed by atoms with van der Waals surface area (Å²) < 4.78 is 7.53. The number of nitrogen functional groups attached to an aromatic ring is 1. The molecule has 10 heteroatoms. The number of nitrogens with zero attached hydrogens (tertiary/aromatic N) is 6. The minimum atomic E-state index is 0.131. The fraction of sp³-hybridized carbons (Fsp3) is 0.333. The number of hydrogen-bond donors (Lipinski definition) is 1. The minimum Gasteiger partial charge on any atom is -0.467 e. The molecule has 1 aliphatic heterocycles. The van der Waals surface area contributed by atoms with Crippen LogP contribution >= 0.6 is 23.4 Å². The number of rotatable bonds is 5. The standard InChI is InChI=1S/C15H16ClN7OS/c16-11-8-12(19-13(17)18-11)25-15-21-20-14(22-5-1-2-6-22)23(15)9-10-4-3-7-24-10/h3-4,7-8H,1-2,5-6,9H2,(H2,17,18,19). The molecule has 2 N–H and O–H groups in total. The van der Waals surface area contributed by atoms with E-state index in [1.54, 1.807) is 12.3 Å². The van der Waals surface area contributed by atoms with Crippen LogP contribution in [0.1, 0.15) is 18.6 Å². The second kappa shape index (κ2) is 6.93. The summed E-state index contributed by atoms with van der Waals surface area (Å²) in [7, 11) is 0. The molecule has 8 nitrogen and oxygen atoms in total. The summed E-state index contributed by atoms with van der Waals surface area (Å²) >= 11 is 7.32. The molecule has 0 aromatic carbocycles. The maximum atomic E-state index is 5.97. The van der Waals surface area contributed by atoms with Crippen molar-refractivity contribution in [2.45, 2.75) is 29.6 Å². The van der Waals surface area contributed by atoms with Gasteiger partial charge in [-0.25, -0.2) is 9.97 Å². The predicted molar refractivity (Wildman–Crippen MR) is 94.9 cm³/mol. The van der Waals surface area contributed by atoms with Gasteiger partial charge in [0, 0.05) is 19.2 Å². The van der Waals surface area contributed by atoms with E-state index in [0.29, 0.717) is 21.9 Å². The van der Waals surface area contributed by atoms with Crippen molar-refractivity contribution in [3.05, 3.63) is 35.4 Å². The van der Waals surface area contributed by atoms with Gasteiger partial charge in [-0.05, 0) is 36.7 Å². The van der Waals surface area contributed by atoms with Crippen LogP contribution in [0.15, 0.2) is 39.1 Å². The van der Waals surface area contributed by atoms with Crippen LogP contribution in [0, 0.1) is 0 Å². The van der Waals surface area contributed by atoms with Crippen molar-refractivity contribution in [2.24, 2.45) is 0 Å². The van der Waals surface area contributed by atoms with Gasteiger partial charge in [-0.2, -0.15) is 0 Å². The topological polar surface area (TPSA) is 98.9 Å². The van der Waals surface area contributed by atoms with Crippen LogP contribution in [0.2, 0.25) is 5.15 Å². The lowest BCUT2D eigenvalue weighted by Crippen LogP contribution is -2.22. The molecule has 0 amide bonds. The fourth-order valence-electron chi connectivity index (χ4n) is 2.76. The first-order valence-corrected chi connectivity index (χ1v) is 9.07. The number of furan rings is 1. The third kappa shape index (κ3) is 3.57. The first-order chi connectivity index (χ1) is 12.2. The van der Waals surface area contributed by atoms with Crippen molar-refractivity contribution in [3.8, 4) is 0 Å². The molecule has 3 aromatic heterocycles. The summed E-state index contributed by atoms with van der Waals surface area (Å²) in [6.45, 7) is 2.50. The van der Waals surface area contributed by atoms with Gasteiger partial charge in [0.05, 0.1) is 12.8 Å². The third-order valence-electron chi connectivity index (χ3n) is 3.86. The number of hydrogen-bond acceptors (Lipinski definition) is 8. The highest BCUT2D eigenvalue weighted by Gasteiger charge is 2.22. The Labute approximate surface area is 153 Å². The quantitative estimate of drug-likeness (QED) is 0.677. The maximum Gasteiger partial charge on any atom is 0.228 e. The average Bonchev–Trinajstić information content (AvgIpc) is 3.30. The molecule has 4 heterocycles. The zero-order valence-corrected chi connectivity index (χ0v) is 14.9. The third-order valence-corrected chi connectivity index (χ3v) is 4.96. The molecular formula is C15H16ClN7OS. The molecule has 0 bridgehead atoms. The van der Waals surface area contributed by atoms with Crippen LogP contribution in [0.4, 0.5) is 11.9 Å². The average molecular weight is 378 g/mol. The normalized spacial score (nSPS) is 14.4. The zero-order valence-electron chi connectivity index (χ0n) is 13.3. The summed E-state index contributed by atoms with van der Waals surface area (Å²) in [5.74, 6) is 1.80. The van der Waals surface area contributed by atoms with E-state index in [1.807, 2.05) is 16.7 Å². The molecule has 0 atom stereocenters. The van der Waals surface area contributed by atoms with Crippen LogP contribution in [-0.4, -0.2) is 37.8 Å². The van der Waals surface area contributed by atoms with Crippen molar-refractivity contribution in [2.75, 3.05) is 23.7 Å². The summed E-state index contributed by atoms with van der Waals surface area (Å²) in [6.07, 6.45) is 3.98. The van der Waals surface area contributed by atoms with Gasteiger partial charge in [-0.3, -0.25) is 4.57 Å². The Kier molecular flexibility index (Phi) is 4.50. The van der Waals surface area contributed by atoms with Gasteiger partial charge in [-0.1, -0.05) is 11.6 Å². The van der Waals surface area contributed by atoms with E-state index in [1.165, 1.54) is 11.8 Å². The Morgan fingerprint density at radius 1 is 1.24 bits per heavy atom. The highest BCUT2D eigenvalue weighted by Crippen LogP contribution is 2.31. The van der Waals surface area contributed by atoms with E-state index in [9.17, 15) is 0 Å². The molecule has 1 aliphatic rings. The van der Waals surface area contributed by atoms with E-state index < -0.39 is 0 Å². The minimum absolute atomic E-state index is 0.131. The molecule has 0 aliphatic carbocycles. The Balaban J connectivity index is 1.68. The van der Waals surface area contributed by atoms with Crippen molar-refractivity contribution >= 4 is 35.3 Å². The number of halogens is 1. The van der Waals surface area contributed by atoms with Gasteiger partial charge in [0.1, 0.15) is 15.9 Å². The van der Waals surface area contributed by atoms with E-state index in [4.69, 9.17) is 21.8 Å².